The molecule has 0 unspecified atom stereocenters. The Morgan fingerprint density at radius 2 is 2.12 bits per heavy atom. The van der Waals surface area contributed by atoms with E-state index in [1.54, 1.807) is 22.7 Å². The van der Waals surface area contributed by atoms with Gasteiger partial charge in [0.2, 0.25) is 0 Å². The van der Waals surface area contributed by atoms with Crippen molar-refractivity contribution in [2.24, 2.45) is 0 Å². The molecular formula is C12H10N2S2. The van der Waals surface area contributed by atoms with E-state index in [9.17, 15) is 0 Å². The number of hydrogen-bond acceptors (Lipinski definition) is 4. The zero-order valence-corrected chi connectivity index (χ0v) is 10.1. The number of fused-ring (bicyclic) bond motifs is 1. The van der Waals surface area contributed by atoms with Crippen molar-refractivity contribution in [3.63, 3.8) is 0 Å². The van der Waals surface area contributed by atoms with Crippen LogP contribution in [0.4, 0.5) is 5.82 Å². The van der Waals surface area contributed by atoms with Crippen molar-refractivity contribution in [2.45, 2.75) is 6.54 Å². The van der Waals surface area contributed by atoms with Crippen molar-refractivity contribution in [1.29, 1.82) is 0 Å². The SMILES string of the molecule is c1csc(CNc2nccc3sccc23)c1. The van der Waals surface area contributed by atoms with Gasteiger partial charge in [-0.3, -0.25) is 0 Å². The Bertz CT molecular complexity index is 584. The summed E-state index contributed by atoms with van der Waals surface area (Å²) in [6.45, 7) is 0.847. The Labute approximate surface area is 102 Å². The Kier molecular flexibility index (Phi) is 2.60. The summed E-state index contributed by atoms with van der Waals surface area (Å²) >= 11 is 3.51. The molecule has 0 aliphatic rings. The fourth-order valence-corrected chi connectivity index (χ4v) is 3.05. The van der Waals surface area contributed by atoms with Gasteiger partial charge in [-0.05, 0) is 29.0 Å². The second-order valence-electron chi connectivity index (χ2n) is 3.42. The molecule has 0 aliphatic carbocycles. The van der Waals surface area contributed by atoms with Crippen LogP contribution in [0.25, 0.3) is 10.1 Å². The van der Waals surface area contributed by atoms with Crippen LogP contribution in [0, 0.1) is 0 Å². The van der Waals surface area contributed by atoms with Crippen LogP contribution in [0.1, 0.15) is 4.88 Å². The van der Waals surface area contributed by atoms with Crippen molar-refractivity contribution >= 4 is 38.6 Å². The largest absolute Gasteiger partial charge is 0.365 e. The lowest BCUT2D eigenvalue weighted by Crippen LogP contribution is -1.99. The molecule has 3 aromatic heterocycles. The highest BCUT2D eigenvalue weighted by atomic mass is 32.1. The van der Waals surface area contributed by atoms with Crippen LogP contribution in [-0.4, -0.2) is 4.98 Å². The Morgan fingerprint density at radius 1 is 1.12 bits per heavy atom. The first-order chi connectivity index (χ1) is 7.93. The number of aromatic nitrogens is 1. The summed E-state index contributed by atoms with van der Waals surface area (Å²) in [5.41, 5.74) is 0. The average Bonchev–Trinajstić information content (AvgIpc) is 2.97. The molecule has 2 nitrogen and oxygen atoms in total. The monoisotopic (exact) mass is 246 g/mol. The lowest BCUT2D eigenvalue weighted by Gasteiger charge is -2.04. The Morgan fingerprint density at radius 3 is 3.00 bits per heavy atom. The van der Waals surface area contributed by atoms with Crippen LogP contribution >= 0.6 is 22.7 Å². The molecule has 0 spiro atoms. The second-order valence-corrected chi connectivity index (χ2v) is 5.40. The third-order valence-electron chi connectivity index (χ3n) is 2.39. The maximum absolute atomic E-state index is 4.38. The molecule has 3 heterocycles. The van der Waals surface area contributed by atoms with E-state index in [0.717, 1.165) is 12.4 Å². The summed E-state index contributed by atoms with van der Waals surface area (Å²) in [6, 6.07) is 8.37. The highest BCUT2D eigenvalue weighted by molar-refractivity contribution is 7.17. The maximum atomic E-state index is 4.38. The smallest absolute Gasteiger partial charge is 0.134 e. The van der Waals surface area contributed by atoms with Gasteiger partial charge in [0, 0.05) is 21.2 Å². The van der Waals surface area contributed by atoms with E-state index in [-0.39, 0.29) is 0 Å². The van der Waals surface area contributed by atoms with Gasteiger partial charge in [-0.1, -0.05) is 6.07 Å². The van der Waals surface area contributed by atoms with Crippen LogP contribution in [0.15, 0.2) is 41.2 Å². The Balaban J connectivity index is 1.86. The molecule has 0 amide bonds. The molecule has 16 heavy (non-hydrogen) atoms. The molecule has 1 N–H and O–H groups in total. The minimum Gasteiger partial charge on any atom is -0.365 e. The van der Waals surface area contributed by atoms with Crippen LogP contribution in [0.5, 0.6) is 0 Å². The number of hydrogen-bond donors (Lipinski definition) is 1. The van der Waals surface area contributed by atoms with Crippen molar-refractivity contribution in [3.8, 4) is 0 Å². The quantitative estimate of drug-likeness (QED) is 0.756. The van der Waals surface area contributed by atoms with E-state index in [1.807, 2.05) is 6.20 Å². The molecule has 4 heteroatoms. The summed E-state index contributed by atoms with van der Waals surface area (Å²) in [7, 11) is 0. The van der Waals surface area contributed by atoms with Gasteiger partial charge < -0.3 is 5.32 Å². The third kappa shape index (κ3) is 1.81. The van der Waals surface area contributed by atoms with Gasteiger partial charge in [0.15, 0.2) is 0 Å². The first kappa shape index (κ1) is 9.81. The highest BCUT2D eigenvalue weighted by Crippen LogP contribution is 2.26. The first-order valence-electron chi connectivity index (χ1n) is 5.02. The normalized spacial score (nSPS) is 10.8. The molecule has 3 aromatic rings. The van der Waals surface area contributed by atoms with E-state index in [0.29, 0.717) is 0 Å². The van der Waals surface area contributed by atoms with E-state index >= 15 is 0 Å². The summed E-state index contributed by atoms with van der Waals surface area (Å²) < 4.78 is 1.28. The summed E-state index contributed by atoms with van der Waals surface area (Å²) in [4.78, 5) is 5.71. The van der Waals surface area contributed by atoms with Crippen LogP contribution in [0.3, 0.4) is 0 Å². The minimum absolute atomic E-state index is 0.847. The molecular weight excluding hydrogens is 236 g/mol. The lowest BCUT2D eigenvalue weighted by atomic mass is 10.3. The topological polar surface area (TPSA) is 24.9 Å². The molecule has 0 fully saturated rings. The highest BCUT2D eigenvalue weighted by Gasteiger charge is 2.02. The van der Waals surface area contributed by atoms with E-state index < -0.39 is 0 Å². The molecule has 0 saturated carbocycles. The molecule has 80 valence electrons. The minimum atomic E-state index is 0.847. The maximum Gasteiger partial charge on any atom is 0.134 e. The molecule has 3 rings (SSSR count). The summed E-state index contributed by atoms with van der Waals surface area (Å²) in [5, 5.41) is 8.79. The fraction of sp³-hybridized carbons (Fsp3) is 0.0833. The van der Waals surface area contributed by atoms with Gasteiger partial charge in [0.05, 0.1) is 6.54 Å². The number of rotatable bonds is 3. The Hall–Kier alpha value is -1.39. The summed E-state index contributed by atoms with van der Waals surface area (Å²) in [6.07, 6.45) is 1.86. The molecule has 0 atom stereocenters. The van der Waals surface area contributed by atoms with Gasteiger partial charge in [0.25, 0.3) is 0 Å². The van der Waals surface area contributed by atoms with Crippen molar-refractivity contribution in [1.82, 2.24) is 4.98 Å². The first-order valence-corrected chi connectivity index (χ1v) is 6.78. The zero-order chi connectivity index (χ0) is 10.8. The predicted octanol–water partition coefficient (Wildman–Crippen LogP) is 3.97. The molecule has 0 aromatic carbocycles. The molecule has 0 aliphatic heterocycles. The van der Waals surface area contributed by atoms with E-state index in [4.69, 9.17) is 0 Å². The van der Waals surface area contributed by atoms with Crippen LogP contribution in [0.2, 0.25) is 0 Å². The van der Waals surface area contributed by atoms with E-state index in [2.05, 4.69) is 45.3 Å². The third-order valence-corrected chi connectivity index (χ3v) is 4.15. The number of nitrogens with one attached hydrogen (secondary N) is 1. The number of anilines is 1. The van der Waals surface area contributed by atoms with Gasteiger partial charge in [0.1, 0.15) is 5.82 Å². The fourth-order valence-electron chi connectivity index (χ4n) is 1.62. The van der Waals surface area contributed by atoms with Gasteiger partial charge in [-0.2, -0.15) is 0 Å². The number of nitrogens with zero attached hydrogens (tertiary/aromatic N) is 1. The van der Waals surface area contributed by atoms with Gasteiger partial charge in [-0.25, -0.2) is 4.98 Å². The molecule has 0 radical (unpaired) electrons. The van der Waals surface area contributed by atoms with Crippen molar-refractivity contribution in [3.05, 3.63) is 46.1 Å². The van der Waals surface area contributed by atoms with Crippen LogP contribution < -0.4 is 5.32 Å². The van der Waals surface area contributed by atoms with E-state index in [1.165, 1.54) is 15.0 Å². The summed E-state index contributed by atoms with van der Waals surface area (Å²) in [5.74, 6) is 0.979. The van der Waals surface area contributed by atoms with Crippen molar-refractivity contribution in [2.75, 3.05) is 5.32 Å². The van der Waals surface area contributed by atoms with Gasteiger partial charge >= 0.3 is 0 Å². The second kappa shape index (κ2) is 4.23. The standard InChI is InChI=1S/C12H10N2S2/c1-2-9(15-6-1)8-14-12-10-4-7-16-11(10)3-5-13-12/h1-7H,8H2,(H,13,14). The molecule has 0 bridgehead atoms. The predicted molar refractivity (Wildman–Crippen MR) is 71.3 cm³/mol. The van der Waals surface area contributed by atoms with Crippen LogP contribution in [-0.2, 0) is 6.54 Å². The van der Waals surface area contributed by atoms with Gasteiger partial charge in [-0.15, -0.1) is 22.7 Å². The number of thiophene rings is 2. The zero-order valence-electron chi connectivity index (χ0n) is 8.51. The van der Waals surface area contributed by atoms with Crippen molar-refractivity contribution < 1.29 is 0 Å². The number of pyridine rings is 1. The average molecular weight is 246 g/mol. The lowest BCUT2D eigenvalue weighted by molar-refractivity contribution is 1.15. The molecule has 0 saturated heterocycles.